The first-order valence-corrected chi connectivity index (χ1v) is 6.57. The molecule has 1 unspecified atom stereocenters. The third-order valence-electron chi connectivity index (χ3n) is 2.75. The number of hydrogen-bond acceptors (Lipinski definition) is 5. The largest absolute Gasteiger partial charge is 0.480 e. The number of rotatable bonds is 8. The fourth-order valence-corrected chi connectivity index (χ4v) is 1.60. The molecule has 0 aliphatic rings. The Morgan fingerprint density at radius 2 is 2.10 bits per heavy atom. The third kappa shape index (κ3) is 5.39. The van der Waals surface area contributed by atoms with Crippen molar-refractivity contribution in [1.82, 2.24) is 10.3 Å². The summed E-state index contributed by atoms with van der Waals surface area (Å²) in [7, 11) is 1.55. The van der Waals surface area contributed by atoms with Crippen molar-refractivity contribution in [3.05, 3.63) is 23.9 Å². The second kappa shape index (κ2) is 8.21. The molecule has 7 heteroatoms. The maximum Gasteiger partial charge on any atom is 0.326 e. The highest BCUT2D eigenvalue weighted by Gasteiger charge is 2.24. The lowest BCUT2D eigenvalue weighted by Crippen LogP contribution is -2.44. The van der Waals surface area contributed by atoms with Crippen molar-refractivity contribution in [2.75, 3.05) is 20.3 Å². The lowest BCUT2D eigenvalue weighted by Gasteiger charge is -2.18. The minimum atomic E-state index is -1.07. The molecule has 1 atom stereocenters. The first-order valence-electron chi connectivity index (χ1n) is 6.57. The van der Waals surface area contributed by atoms with Crippen molar-refractivity contribution in [3.63, 3.8) is 0 Å². The molecule has 116 valence electrons. The van der Waals surface area contributed by atoms with E-state index in [1.165, 1.54) is 18.3 Å². The summed E-state index contributed by atoms with van der Waals surface area (Å²) in [5.41, 5.74) is 0.296. The van der Waals surface area contributed by atoms with Gasteiger partial charge in [0.15, 0.2) is 0 Å². The normalized spacial score (nSPS) is 12.0. The third-order valence-corrected chi connectivity index (χ3v) is 2.75. The Kier molecular flexibility index (Phi) is 6.61. The molecule has 0 saturated carbocycles. The predicted molar refractivity (Wildman–Crippen MR) is 75.3 cm³/mol. The number of aliphatic carboxylic acids is 1. The zero-order valence-corrected chi connectivity index (χ0v) is 12.3. The highest BCUT2D eigenvalue weighted by molar-refractivity contribution is 5.96. The number of nitrogens with zero attached hydrogens (tertiary/aromatic N) is 1. The number of hydrogen-bond donors (Lipinski definition) is 2. The number of carboxylic acids is 1. The van der Waals surface area contributed by atoms with Gasteiger partial charge in [0.2, 0.25) is 5.88 Å². The second-order valence-corrected chi connectivity index (χ2v) is 4.76. The van der Waals surface area contributed by atoms with Gasteiger partial charge in [0.25, 0.3) is 5.91 Å². The lowest BCUT2D eigenvalue weighted by molar-refractivity contribution is -0.140. The van der Waals surface area contributed by atoms with E-state index in [0.29, 0.717) is 18.8 Å². The van der Waals surface area contributed by atoms with Gasteiger partial charge < -0.3 is 19.9 Å². The molecule has 0 radical (unpaired) electrons. The number of carbonyl (C=O) groups excluding carboxylic acids is 1. The van der Waals surface area contributed by atoms with Crippen molar-refractivity contribution >= 4 is 11.9 Å². The van der Waals surface area contributed by atoms with Gasteiger partial charge in [-0.05, 0) is 12.0 Å². The maximum atomic E-state index is 12.1. The Bertz CT molecular complexity index is 490. The molecule has 1 aromatic rings. The van der Waals surface area contributed by atoms with Crippen LogP contribution in [-0.4, -0.2) is 48.3 Å². The topological polar surface area (TPSA) is 97.8 Å². The van der Waals surface area contributed by atoms with Gasteiger partial charge in [-0.2, -0.15) is 0 Å². The molecule has 1 rings (SSSR count). The Hall–Kier alpha value is -2.15. The molecule has 0 fully saturated rings. The number of methoxy groups -OCH3 is 1. The van der Waals surface area contributed by atoms with E-state index in [1.807, 2.05) is 0 Å². The van der Waals surface area contributed by atoms with E-state index in [1.54, 1.807) is 21.0 Å². The minimum Gasteiger partial charge on any atom is -0.480 e. The van der Waals surface area contributed by atoms with Crippen LogP contribution in [0.15, 0.2) is 18.3 Å². The number of aromatic nitrogens is 1. The van der Waals surface area contributed by atoms with Gasteiger partial charge in [-0.25, -0.2) is 9.78 Å². The zero-order chi connectivity index (χ0) is 15.8. The van der Waals surface area contributed by atoms with E-state index in [9.17, 15) is 9.59 Å². The highest BCUT2D eigenvalue weighted by atomic mass is 16.5. The Balaban J connectivity index is 2.73. The van der Waals surface area contributed by atoms with Crippen LogP contribution in [0.3, 0.4) is 0 Å². The van der Waals surface area contributed by atoms with Crippen molar-refractivity contribution in [1.29, 1.82) is 0 Å². The van der Waals surface area contributed by atoms with E-state index in [0.717, 1.165) is 0 Å². The summed E-state index contributed by atoms with van der Waals surface area (Å²) in [5, 5.41) is 11.6. The van der Waals surface area contributed by atoms with Crippen LogP contribution in [0.25, 0.3) is 0 Å². The average Bonchev–Trinajstić information content (AvgIpc) is 2.44. The van der Waals surface area contributed by atoms with Crippen molar-refractivity contribution in [2.24, 2.45) is 5.92 Å². The number of carboxylic acid groups (broad SMARTS) is 1. The summed E-state index contributed by atoms with van der Waals surface area (Å²) in [4.78, 5) is 27.1. The van der Waals surface area contributed by atoms with E-state index in [4.69, 9.17) is 14.6 Å². The summed E-state index contributed by atoms with van der Waals surface area (Å²) in [6.07, 6.45) is 1.43. The second-order valence-electron chi connectivity index (χ2n) is 4.76. The zero-order valence-electron chi connectivity index (χ0n) is 12.3. The molecule has 0 aliphatic heterocycles. The summed E-state index contributed by atoms with van der Waals surface area (Å²) in [5.74, 6) is -1.47. The molecule has 0 aliphatic carbocycles. The number of pyridine rings is 1. The van der Waals surface area contributed by atoms with E-state index in [2.05, 4.69) is 10.3 Å². The average molecular weight is 296 g/mol. The smallest absolute Gasteiger partial charge is 0.326 e. The molecule has 0 saturated heterocycles. The van der Waals surface area contributed by atoms with Gasteiger partial charge >= 0.3 is 5.97 Å². The minimum absolute atomic E-state index is 0.217. The number of carbonyl (C=O) groups is 2. The van der Waals surface area contributed by atoms with Crippen LogP contribution in [-0.2, 0) is 9.53 Å². The van der Waals surface area contributed by atoms with Crippen LogP contribution in [0.1, 0.15) is 24.2 Å². The standard InChI is InChI=1S/C14H20N2O5/c1-9(2)12(14(18)19)16-13(17)10-4-5-15-11(8-10)21-7-6-20-3/h4-5,8-9,12H,6-7H2,1-3H3,(H,16,17)(H,18,19). The summed E-state index contributed by atoms with van der Waals surface area (Å²) in [6, 6.07) is 2.02. The van der Waals surface area contributed by atoms with Gasteiger partial charge in [0.05, 0.1) is 6.61 Å². The fourth-order valence-electron chi connectivity index (χ4n) is 1.60. The quantitative estimate of drug-likeness (QED) is 0.693. The van der Waals surface area contributed by atoms with Crippen LogP contribution >= 0.6 is 0 Å². The molecule has 1 aromatic heterocycles. The number of nitrogens with one attached hydrogen (secondary N) is 1. The Labute approximate surface area is 123 Å². The molecular formula is C14H20N2O5. The van der Waals surface area contributed by atoms with Crippen LogP contribution in [0.2, 0.25) is 0 Å². The molecule has 1 amide bonds. The molecule has 2 N–H and O–H groups in total. The highest BCUT2D eigenvalue weighted by Crippen LogP contribution is 2.10. The van der Waals surface area contributed by atoms with Crippen molar-refractivity contribution < 1.29 is 24.2 Å². The molecule has 0 aromatic carbocycles. The first-order chi connectivity index (χ1) is 9.95. The van der Waals surface area contributed by atoms with Crippen LogP contribution < -0.4 is 10.1 Å². The van der Waals surface area contributed by atoms with Gasteiger partial charge in [0.1, 0.15) is 12.6 Å². The Morgan fingerprint density at radius 1 is 1.38 bits per heavy atom. The molecule has 21 heavy (non-hydrogen) atoms. The maximum absolute atomic E-state index is 12.1. The van der Waals surface area contributed by atoms with Gasteiger partial charge in [0, 0.05) is 24.9 Å². The number of amides is 1. The van der Waals surface area contributed by atoms with Crippen LogP contribution in [0.5, 0.6) is 5.88 Å². The van der Waals surface area contributed by atoms with E-state index in [-0.39, 0.29) is 11.8 Å². The van der Waals surface area contributed by atoms with Gasteiger partial charge in [-0.3, -0.25) is 4.79 Å². The van der Waals surface area contributed by atoms with Gasteiger partial charge in [-0.15, -0.1) is 0 Å². The predicted octanol–water partition coefficient (Wildman–Crippen LogP) is 0.946. The monoisotopic (exact) mass is 296 g/mol. The van der Waals surface area contributed by atoms with Crippen molar-refractivity contribution in [2.45, 2.75) is 19.9 Å². The van der Waals surface area contributed by atoms with E-state index < -0.39 is 17.9 Å². The molecule has 0 bridgehead atoms. The van der Waals surface area contributed by atoms with Crippen molar-refractivity contribution in [3.8, 4) is 5.88 Å². The summed E-state index contributed by atoms with van der Waals surface area (Å²) < 4.78 is 10.2. The lowest BCUT2D eigenvalue weighted by atomic mass is 10.0. The molecule has 1 heterocycles. The Morgan fingerprint density at radius 3 is 2.67 bits per heavy atom. The molecule has 7 nitrogen and oxygen atoms in total. The van der Waals surface area contributed by atoms with Crippen LogP contribution in [0, 0.1) is 5.92 Å². The van der Waals surface area contributed by atoms with Crippen LogP contribution in [0.4, 0.5) is 0 Å². The van der Waals surface area contributed by atoms with E-state index >= 15 is 0 Å². The fraction of sp³-hybridized carbons (Fsp3) is 0.500. The van der Waals surface area contributed by atoms with Gasteiger partial charge in [-0.1, -0.05) is 13.8 Å². The number of ether oxygens (including phenoxy) is 2. The molecule has 0 spiro atoms. The molecular weight excluding hydrogens is 276 g/mol. The summed E-state index contributed by atoms with van der Waals surface area (Å²) >= 11 is 0. The SMILES string of the molecule is COCCOc1cc(C(=O)NC(C(=O)O)C(C)C)ccn1. The first kappa shape index (κ1) is 16.9. The summed E-state index contributed by atoms with van der Waals surface area (Å²) in [6.45, 7) is 4.18.